The summed E-state index contributed by atoms with van der Waals surface area (Å²) < 4.78 is 0. The fraction of sp³-hybridized carbons (Fsp3) is 0.200. The van der Waals surface area contributed by atoms with Crippen LogP contribution < -0.4 is 5.32 Å². The molecule has 0 heterocycles. The van der Waals surface area contributed by atoms with E-state index < -0.39 is 0 Å². The summed E-state index contributed by atoms with van der Waals surface area (Å²) in [7, 11) is 0. The molecule has 0 aliphatic rings. The second kappa shape index (κ2) is 8.98. The van der Waals surface area contributed by atoms with Crippen LogP contribution in [0.2, 0.25) is 0 Å². The van der Waals surface area contributed by atoms with E-state index in [1.807, 2.05) is 42.5 Å². The molecule has 0 aliphatic heterocycles. The van der Waals surface area contributed by atoms with Gasteiger partial charge in [0.25, 0.3) is 0 Å². The summed E-state index contributed by atoms with van der Waals surface area (Å²) in [5, 5.41) is 12.5. The maximum absolute atomic E-state index is 9.12. The lowest BCUT2D eigenvalue weighted by atomic mass is 9.92. The molecule has 2 rings (SSSR count). The van der Waals surface area contributed by atoms with Crippen LogP contribution in [0.5, 0.6) is 0 Å². The fourth-order valence-electron chi connectivity index (χ4n) is 2.47. The first-order valence-corrected chi connectivity index (χ1v) is 7.60. The van der Waals surface area contributed by atoms with Gasteiger partial charge < -0.3 is 10.4 Å². The minimum Gasteiger partial charge on any atom is -0.395 e. The summed E-state index contributed by atoms with van der Waals surface area (Å²) in [5.74, 6) is 0.147. The highest BCUT2D eigenvalue weighted by Crippen LogP contribution is 2.25. The van der Waals surface area contributed by atoms with Crippen molar-refractivity contribution >= 4 is 6.08 Å². The van der Waals surface area contributed by atoms with Crippen molar-refractivity contribution in [3.63, 3.8) is 0 Å². The number of hydrogen-bond acceptors (Lipinski definition) is 2. The SMILES string of the molecule is C=CC(/C=C\c1ccccc1)C(NCCO)c1ccccc1. The third-order valence-electron chi connectivity index (χ3n) is 3.60. The van der Waals surface area contributed by atoms with E-state index >= 15 is 0 Å². The second-order valence-electron chi connectivity index (χ2n) is 5.15. The number of hydrogen-bond donors (Lipinski definition) is 2. The van der Waals surface area contributed by atoms with Crippen molar-refractivity contribution < 1.29 is 5.11 Å². The lowest BCUT2D eigenvalue weighted by Gasteiger charge is -2.24. The van der Waals surface area contributed by atoms with Crippen molar-refractivity contribution in [3.05, 3.63) is 90.5 Å². The first-order chi connectivity index (χ1) is 10.8. The van der Waals surface area contributed by atoms with E-state index in [1.54, 1.807) is 0 Å². The molecule has 2 nitrogen and oxygen atoms in total. The Hall–Kier alpha value is -2.16. The second-order valence-corrected chi connectivity index (χ2v) is 5.15. The molecule has 2 heteroatoms. The van der Waals surface area contributed by atoms with Gasteiger partial charge in [-0.3, -0.25) is 0 Å². The molecule has 0 amide bonds. The quantitative estimate of drug-likeness (QED) is 0.725. The maximum atomic E-state index is 9.12. The van der Waals surface area contributed by atoms with Gasteiger partial charge in [-0.1, -0.05) is 78.9 Å². The average molecular weight is 293 g/mol. The van der Waals surface area contributed by atoms with Crippen molar-refractivity contribution in [2.75, 3.05) is 13.2 Å². The maximum Gasteiger partial charge on any atom is 0.0556 e. The highest BCUT2D eigenvalue weighted by Gasteiger charge is 2.17. The number of aliphatic hydroxyl groups is 1. The molecule has 2 N–H and O–H groups in total. The van der Waals surface area contributed by atoms with Gasteiger partial charge >= 0.3 is 0 Å². The Kier molecular flexibility index (Phi) is 6.62. The van der Waals surface area contributed by atoms with Crippen molar-refractivity contribution in [1.82, 2.24) is 5.32 Å². The Morgan fingerprint density at radius 1 is 1.00 bits per heavy atom. The molecule has 0 radical (unpaired) electrons. The summed E-state index contributed by atoms with van der Waals surface area (Å²) in [5.41, 5.74) is 2.36. The minimum atomic E-state index is 0.103. The van der Waals surface area contributed by atoms with E-state index in [0.717, 1.165) is 0 Å². The van der Waals surface area contributed by atoms with Crippen molar-refractivity contribution in [2.24, 2.45) is 5.92 Å². The Morgan fingerprint density at radius 3 is 2.23 bits per heavy atom. The number of rotatable bonds is 8. The lowest BCUT2D eigenvalue weighted by molar-refractivity contribution is 0.280. The van der Waals surface area contributed by atoms with E-state index in [9.17, 15) is 0 Å². The number of nitrogens with one attached hydrogen (secondary N) is 1. The first kappa shape index (κ1) is 16.2. The number of benzene rings is 2. The molecule has 2 aromatic carbocycles. The van der Waals surface area contributed by atoms with Gasteiger partial charge in [0.1, 0.15) is 0 Å². The molecule has 2 unspecified atom stereocenters. The highest BCUT2D eigenvalue weighted by molar-refractivity contribution is 5.49. The molecule has 2 atom stereocenters. The van der Waals surface area contributed by atoms with Crippen LogP contribution in [0, 0.1) is 5.92 Å². The lowest BCUT2D eigenvalue weighted by Crippen LogP contribution is -2.29. The zero-order valence-corrected chi connectivity index (χ0v) is 12.7. The van der Waals surface area contributed by atoms with Gasteiger partial charge in [0.15, 0.2) is 0 Å². The summed E-state index contributed by atoms with van der Waals surface area (Å²) in [6, 6.07) is 20.6. The predicted octanol–water partition coefficient (Wildman–Crippen LogP) is 3.83. The van der Waals surface area contributed by atoms with E-state index in [4.69, 9.17) is 5.11 Å². The smallest absolute Gasteiger partial charge is 0.0556 e. The molecule has 0 spiro atoms. The van der Waals surface area contributed by atoms with Crippen LogP contribution in [0.3, 0.4) is 0 Å². The van der Waals surface area contributed by atoms with E-state index in [2.05, 4.69) is 48.3 Å². The summed E-state index contributed by atoms with van der Waals surface area (Å²) in [6.07, 6.45) is 6.22. The van der Waals surface area contributed by atoms with Gasteiger partial charge in [-0.05, 0) is 11.1 Å². The molecule has 2 aromatic rings. The van der Waals surface area contributed by atoms with Gasteiger partial charge in [-0.15, -0.1) is 6.58 Å². The molecule has 0 saturated heterocycles. The summed E-state index contributed by atoms with van der Waals surface area (Å²) >= 11 is 0. The topological polar surface area (TPSA) is 32.3 Å². The highest BCUT2D eigenvalue weighted by atomic mass is 16.3. The van der Waals surface area contributed by atoms with Crippen LogP contribution in [0.15, 0.2) is 79.4 Å². The Morgan fingerprint density at radius 2 is 1.64 bits per heavy atom. The van der Waals surface area contributed by atoms with E-state index in [1.165, 1.54) is 11.1 Å². The van der Waals surface area contributed by atoms with Crippen LogP contribution in [0.4, 0.5) is 0 Å². The average Bonchev–Trinajstić information content (AvgIpc) is 2.59. The van der Waals surface area contributed by atoms with Crippen LogP contribution in [-0.2, 0) is 0 Å². The minimum absolute atomic E-state index is 0.103. The van der Waals surface area contributed by atoms with Gasteiger partial charge in [-0.25, -0.2) is 0 Å². The van der Waals surface area contributed by atoms with E-state index in [0.29, 0.717) is 6.54 Å². The Balaban J connectivity index is 2.19. The van der Waals surface area contributed by atoms with Crippen LogP contribution in [0.1, 0.15) is 17.2 Å². The van der Waals surface area contributed by atoms with Crippen molar-refractivity contribution in [2.45, 2.75) is 6.04 Å². The van der Waals surface area contributed by atoms with Crippen LogP contribution in [-0.4, -0.2) is 18.3 Å². The normalized spacial score (nSPS) is 13.9. The first-order valence-electron chi connectivity index (χ1n) is 7.60. The number of aliphatic hydroxyl groups excluding tert-OH is 1. The van der Waals surface area contributed by atoms with Crippen molar-refractivity contribution in [3.8, 4) is 0 Å². The van der Waals surface area contributed by atoms with Crippen LogP contribution in [0.25, 0.3) is 6.08 Å². The van der Waals surface area contributed by atoms with E-state index in [-0.39, 0.29) is 18.6 Å². The predicted molar refractivity (Wildman–Crippen MR) is 93.4 cm³/mol. The summed E-state index contributed by atoms with van der Waals surface area (Å²) in [6.45, 7) is 4.65. The fourth-order valence-corrected chi connectivity index (χ4v) is 2.47. The standard InChI is InChI=1S/C20H23NO/c1-2-18(14-13-17-9-5-3-6-10-17)20(21-15-16-22)19-11-7-4-8-12-19/h2-14,18,20-22H,1,15-16H2/b14-13-. The summed E-state index contributed by atoms with van der Waals surface area (Å²) in [4.78, 5) is 0. The molecule has 0 saturated carbocycles. The van der Waals surface area contributed by atoms with Gasteiger partial charge in [0.05, 0.1) is 6.61 Å². The van der Waals surface area contributed by atoms with Crippen LogP contribution >= 0.6 is 0 Å². The Labute approximate surface area is 132 Å². The molecule has 0 aromatic heterocycles. The molecule has 0 bridgehead atoms. The molecular weight excluding hydrogens is 270 g/mol. The zero-order chi connectivity index (χ0) is 15.6. The molecule has 114 valence electrons. The molecule has 0 aliphatic carbocycles. The third-order valence-corrected chi connectivity index (χ3v) is 3.60. The van der Waals surface area contributed by atoms with Gasteiger partial charge in [0.2, 0.25) is 0 Å². The molecular formula is C20H23NO. The monoisotopic (exact) mass is 293 g/mol. The molecule has 0 fully saturated rings. The molecule has 22 heavy (non-hydrogen) atoms. The third kappa shape index (κ3) is 4.69. The van der Waals surface area contributed by atoms with Gasteiger partial charge in [-0.2, -0.15) is 0 Å². The largest absolute Gasteiger partial charge is 0.395 e. The zero-order valence-electron chi connectivity index (χ0n) is 12.7. The Bertz CT molecular complexity index is 577. The van der Waals surface area contributed by atoms with Gasteiger partial charge in [0, 0.05) is 18.5 Å². The van der Waals surface area contributed by atoms with Crippen molar-refractivity contribution in [1.29, 1.82) is 0 Å².